The summed E-state index contributed by atoms with van der Waals surface area (Å²) in [6.45, 7) is 2.01. The van der Waals surface area contributed by atoms with Crippen molar-refractivity contribution in [3.05, 3.63) is 70.4 Å². The van der Waals surface area contributed by atoms with Crippen LogP contribution in [0.1, 0.15) is 11.1 Å². The number of nitrogens with one attached hydrogen (secondary N) is 2. The molecule has 1 aliphatic rings. The molecule has 0 radical (unpaired) electrons. The summed E-state index contributed by atoms with van der Waals surface area (Å²) in [7, 11) is 0. The van der Waals surface area contributed by atoms with Crippen LogP contribution in [0.5, 0.6) is 0 Å². The lowest BCUT2D eigenvalue weighted by Gasteiger charge is -2.13. The quantitative estimate of drug-likeness (QED) is 0.524. The molecule has 2 aromatic carbocycles. The van der Waals surface area contributed by atoms with Gasteiger partial charge in [-0.3, -0.25) is 24.1 Å². The van der Waals surface area contributed by atoms with Crippen molar-refractivity contribution in [3.8, 4) is 0 Å². The summed E-state index contributed by atoms with van der Waals surface area (Å²) in [6.07, 6.45) is 1.34. The van der Waals surface area contributed by atoms with Crippen molar-refractivity contribution < 1.29 is 23.6 Å². The highest BCUT2D eigenvalue weighted by atomic mass is 32.2. The zero-order chi connectivity index (χ0) is 23.8. The van der Waals surface area contributed by atoms with Crippen LogP contribution in [0.15, 0.2) is 53.4 Å². The van der Waals surface area contributed by atoms with Crippen LogP contribution in [0.3, 0.4) is 0 Å². The Hall–Kier alpha value is -3.11. The lowest BCUT2D eigenvalue weighted by atomic mass is 10.2. The fourth-order valence-electron chi connectivity index (χ4n) is 2.94. The third kappa shape index (κ3) is 7.19. The number of hydrogen-bond donors (Lipinski definition) is 2. The van der Waals surface area contributed by atoms with Crippen molar-refractivity contribution >= 4 is 58.2 Å². The summed E-state index contributed by atoms with van der Waals surface area (Å²) < 4.78 is 13.8. The second-order valence-electron chi connectivity index (χ2n) is 7.12. The highest BCUT2D eigenvalue weighted by molar-refractivity contribution is 8.18. The van der Waals surface area contributed by atoms with E-state index < -0.39 is 17.0 Å². The van der Waals surface area contributed by atoms with Gasteiger partial charge in [0.15, 0.2) is 0 Å². The van der Waals surface area contributed by atoms with E-state index in [2.05, 4.69) is 10.6 Å². The molecule has 0 unspecified atom stereocenters. The topological polar surface area (TPSA) is 95.6 Å². The average Bonchev–Trinajstić information content (AvgIpc) is 3.02. The number of aryl methyl sites for hydroxylation is 1. The number of benzene rings is 2. The molecule has 1 saturated heterocycles. The fourth-order valence-corrected chi connectivity index (χ4v) is 4.44. The van der Waals surface area contributed by atoms with Crippen LogP contribution < -0.4 is 10.6 Å². The molecule has 1 aliphatic heterocycles. The van der Waals surface area contributed by atoms with Crippen molar-refractivity contribution in [2.24, 2.45) is 0 Å². The van der Waals surface area contributed by atoms with Crippen LogP contribution in [0, 0.1) is 12.7 Å². The van der Waals surface area contributed by atoms with Gasteiger partial charge in [-0.25, -0.2) is 4.39 Å². The van der Waals surface area contributed by atoms with E-state index in [4.69, 9.17) is 0 Å². The van der Waals surface area contributed by atoms with Gasteiger partial charge in [-0.1, -0.05) is 30.3 Å². The van der Waals surface area contributed by atoms with E-state index in [1.54, 1.807) is 12.1 Å². The monoisotopic (exact) mass is 487 g/mol. The molecule has 0 spiro atoms. The van der Waals surface area contributed by atoms with Gasteiger partial charge in [-0.2, -0.15) is 0 Å². The number of thioether (sulfide) groups is 2. The Morgan fingerprint density at radius 1 is 1.09 bits per heavy atom. The maximum Gasteiger partial charge on any atom is 0.293 e. The van der Waals surface area contributed by atoms with Gasteiger partial charge in [0.05, 0.1) is 16.4 Å². The van der Waals surface area contributed by atoms with Gasteiger partial charge in [-0.05, 0) is 48.5 Å². The van der Waals surface area contributed by atoms with Crippen molar-refractivity contribution in [2.45, 2.75) is 6.92 Å². The van der Waals surface area contributed by atoms with Gasteiger partial charge >= 0.3 is 0 Å². The van der Waals surface area contributed by atoms with Crippen molar-refractivity contribution in [3.63, 3.8) is 0 Å². The van der Waals surface area contributed by atoms with E-state index in [1.807, 2.05) is 25.1 Å². The van der Waals surface area contributed by atoms with Crippen LogP contribution in [0.4, 0.5) is 14.9 Å². The summed E-state index contributed by atoms with van der Waals surface area (Å²) in [4.78, 5) is 49.7. The molecule has 4 amide bonds. The van der Waals surface area contributed by atoms with Gasteiger partial charge in [-0.15, -0.1) is 11.8 Å². The van der Waals surface area contributed by atoms with Gasteiger partial charge in [0, 0.05) is 24.3 Å². The smallest absolute Gasteiger partial charge is 0.293 e. The number of rotatable bonds is 9. The van der Waals surface area contributed by atoms with E-state index in [9.17, 15) is 23.6 Å². The SMILES string of the molecule is Cc1cccc(NC(=O)CSCC(=O)NCCN2C(=O)S/C(=C\c3ccccc3F)C2=O)c1. The Labute approximate surface area is 199 Å². The first-order chi connectivity index (χ1) is 15.8. The zero-order valence-electron chi connectivity index (χ0n) is 17.8. The van der Waals surface area contributed by atoms with Crippen molar-refractivity contribution in [1.82, 2.24) is 10.2 Å². The first-order valence-corrected chi connectivity index (χ1v) is 12.0. The molecule has 2 N–H and O–H groups in total. The fraction of sp³-hybridized carbons (Fsp3) is 0.217. The molecule has 1 heterocycles. The first kappa shape index (κ1) is 24.5. The van der Waals surface area contributed by atoms with Gasteiger partial charge in [0.1, 0.15) is 5.82 Å². The number of carbonyl (C=O) groups excluding carboxylic acids is 4. The van der Waals surface area contributed by atoms with Gasteiger partial charge < -0.3 is 10.6 Å². The van der Waals surface area contributed by atoms with E-state index in [0.717, 1.165) is 34.0 Å². The number of amides is 4. The normalized spacial score (nSPS) is 14.6. The molecule has 0 atom stereocenters. The standard InChI is InChI=1S/C23H22FN3O4S2/c1-15-5-4-7-17(11-15)26-21(29)14-32-13-20(28)25-9-10-27-22(30)19(33-23(27)31)12-16-6-2-3-8-18(16)24/h2-8,11-12H,9-10,13-14H2,1H3,(H,25,28)(H,26,29)/b19-12-. The van der Waals surface area contributed by atoms with Crippen LogP contribution in [0.2, 0.25) is 0 Å². The molecule has 3 rings (SSSR count). The molecule has 2 aromatic rings. The minimum Gasteiger partial charge on any atom is -0.354 e. The number of carbonyl (C=O) groups is 4. The Morgan fingerprint density at radius 2 is 1.85 bits per heavy atom. The lowest BCUT2D eigenvalue weighted by molar-refractivity contribution is -0.123. The van der Waals surface area contributed by atoms with Gasteiger partial charge in [0.25, 0.3) is 11.1 Å². The van der Waals surface area contributed by atoms with E-state index in [1.165, 1.54) is 24.3 Å². The Kier molecular flexibility index (Phi) is 8.67. The van der Waals surface area contributed by atoms with Crippen LogP contribution in [-0.4, -0.2) is 52.5 Å². The Balaban J connectivity index is 1.38. The maximum atomic E-state index is 13.8. The molecule has 7 nitrogen and oxygen atoms in total. The highest BCUT2D eigenvalue weighted by Crippen LogP contribution is 2.32. The third-order valence-electron chi connectivity index (χ3n) is 4.49. The van der Waals surface area contributed by atoms with Crippen molar-refractivity contribution in [2.75, 3.05) is 29.9 Å². The second kappa shape index (κ2) is 11.7. The molecule has 10 heteroatoms. The predicted molar refractivity (Wildman–Crippen MR) is 129 cm³/mol. The summed E-state index contributed by atoms with van der Waals surface area (Å²) in [5.41, 5.74) is 1.95. The van der Waals surface area contributed by atoms with Gasteiger partial charge in [0.2, 0.25) is 11.8 Å². The molecular weight excluding hydrogens is 465 g/mol. The largest absolute Gasteiger partial charge is 0.354 e. The molecule has 33 heavy (non-hydrogen) atoms. The Bertz CT molecular complexity index is 1110. The van der Waals surface area contributed by atoms with Crippen molar-refractivity contribution in [1.29, 1.82) is 0 Å². The minimum absolute atomic E-state index is 0.00350. The average molecular weight is 488 g/mol. The molecular formula is C23H22FN3O4S2. The van der Waals surface area contributed by atoms with Crippen LogP contribution >= 0.6 is 23.5 Å². The van der Waals surface area contributed by atoms with E-state index >= 15 is 0 Å². The molecule has 172 valence electrons. The minimum atomic E-state index is -0.523. The summed E-state index contributed by atoms with van der Waals surface area (Å²) in [5, 5.41) is 4.92. The summed E-state index contributed by atoms with van der Waals surface area (Å²) in [5.74, 6) is -1.34. The molecule has 1 fully saturated rings. The third-order valence-corrected chi connectivity index (χ3v) is 6.33. The number of halogens is 1. The lowest BCUT2D eigenvalue weighted by Crippen LogP contribution is -2.37. The maximum absolute atomic E-state index is 13.8. The first-order valence-electron chi connectivity index (χ1n) is 10.0. The molecule has 0 aliphatic carbocycles. The molecule has 0 bridgehead atoms. The van der Waals surface area contributed by atoms with Crippen LogP contribution in [-0.2, 0) is 14.4 Å². The number of imide groups is 1. The highest BCUT2D eigenvalue weighted by Gasteiger charge is 2.34. The number of anilines is 1. The summed E-state index contributed by atoms with van der Waals surface area (Å²) in [6, 6.07) is 13.4. The molecule has 0 saturated carbocycles. The van der Waals surface area contributed by atoms with Crippen LogP contribution in [0.25, 0.3) is 6.08 Å². The zero-order valence-corrected chi connectivity index (χ0v) is 19.4. The molecule has 0 aromatic heterocycles. The second-order valence-corrected chi connectivity index (χ2v) is 9.09. The predicted octanol–water partition coefficient (Wildman–Crippen LogP) is 3.66. The van der Waals surface area contributed by atoms with E-state index in [-0.39, 0.29) is 46.9 Å². The summed E-state index contributed by atoms with van der Waals surface area (Å²) >= 11 is 1.89. The van der Waals surface area contributed by atoms with E-state index in [0.29, 0.717) is 5.69 Å². The number of hydrogen-bond acceptors (Lipinski definition) is 6. The Morgan fingerprint density at radius 3 is 2.61 bits per heavy atom. The number of nitrogens with zero attached hydrogens (tertiary/aromatic N) is 1.